The molecule has 4 fully saturated rings. The van der Waals surface area contributed by atoms with Crippen LogP contribution in [0.1, 0.15) is 78.6 Å². The highest BCUT2D eigenvalue weighted by atomic mass is 16.1. The van der Waals surface area contributed by atoms with Crippen LogP contribution in [-0.2, 0) is 4.79 Å². The lowest BCUT2D eigenvalue weighted by Crippen LogP contribution is -2.54. The molecule has 0 aromatic carbocycles. The average molecular weight is 318 g/mol. The van der Waals surface area contributed by atoms with Crippen LogP contribution < -0.4 is 5.73 Å². The van der Waals surface area contributed by atoms with Crippen molar-refractivity contribution in [1.29, 1.82) is 0 Å². The first kappa shape index (κ1) is 16.1. The Morgan fingerprint density at radius 3 is 2.35 bits per heavy atom. The van der Waals surface area contributed by atoms with Crippen LogP contribution in [0, 0.1) is 40.4 Å². The van der Waals surface area contributed by atoms with Crippen LogP contribution in [-0.4, -0.2) is 11.8 Å². The Balaban J connectivity index is 1.61. The molecule has 0 radical (unpaired) electrons. The minimum atomic E-state index is 0.307. The van der Waals surface area contributed by atoms with Gasteiger partial charge in [-0.3, -0.25) is 4.79 Å². The summed E-state index contributed by atoms with van der Waals surface area (Å²) in [4.78, 5) is 12.2. The Kier molecular flexibility index (Phi) is 3.72. The summed E-state index contributed by atoms with van der Waals surface area (Å²) in [5, 5.41) is 0. The topological polar surface area (TPSA) is 43.1 Å². The average Bonchev–Trinajstić information content (AvgIpc) is 2.85. The zero-order valence-corrected chi connectivity index (χ0v) is 15.3. The van der Waals surface area contributed by atoms with E-state index >= 15 is 0 Å². The van der Waals surface area contributed by atoms with E-state index in [9.17, 15) is 4.79 Å². The SMILES string of the molecule is CC(=O)[C@H]1CC[C@H]2[C@@H]3CC[C@H]4C[C@@H](N)CC[C@]4(C)[C@@H]3CC[C@]12C. The fraction of sp³-hybridized carbons (Fsp3) is 0.952. The maximum atomic E-state index is 12.2. The molecule has 4 aliphatic carbocycles. The van der Waals surface area contributed by atoms with E-state index in [4.69, 9.17) is 5.73 Å². The van der Waals surface area contributed by atoms with Gasteiger partial charge in [-0.05, 0) is 99.2 Å². The van der Waals surface area contributed by atoms with Crippen LogP contribution in [0.2, 0.25) is 0 Å². The van der Waals surface area contributed by atoms with Gasteiger partial charge in [0.05, 0.1) is 0 Å². The summed E-state index contributed by atoms with van der Waals surface area (Å²) < 4.78 is 0. The minimum Gasteiger partial charge on any atom is -0.328 e. The third-order valence-electron chi connectivity index (χ3n) is 9.20. The number of rotatable bonds is 1. The second-order valence-corrected chi connectivity index (χ2v) is 9.98. The molecule has 0 saturated heterocycles. The lowest BCUT2D eigenvalue weighted by molar-refractivity contribution is -0.134. The molecule has 8 atom stereocenters. The van der Waals surface area contributed by atoms with Crippen molar-refractivity contribution in [3.63, 3.8) is 0 Å². The molecule has 0 unspecified atom stereocenters. The normalized spacial score (nSPS) is 55.7. The lowest BCUT2D eigenvalue weighted by Gasteiger charge is -2.61. The molecule has 2 nitrogen and oxygen atoms in total. The maximum Gasteiger partial charge on any atom is 0.133 e. The van der Waals surface area contributed by atoms with Crippen LogP contribution >= 0.6 is 0 Å². The third-order valence-corrected chi connectivity index (χ3v) is 9.20. The van der Waals surface area contributed by atoms with Gasteiger partial charge >= 0.3 is 0 Å². The van der Waals surface area contributed by atoms with Gasteiger partial charge in [0.15, 0.2) is 0 Å². The van der Waals surface area contributed by atoms with E-state index in [-0.39, 0.29) is 0 Å². The highest BCUT2D eigenvalue weighted by molar-refractivity contribution is 5.79. The third kappa shape index (κ3) is 2.19. The van der Waals surface area contributed by atoms with Gasteiger partial charge in [0.2, 0.25) is 0 Å². The van der Waals surface area contributed by atoms with Gasteiger partial charge < -0.3 is 5.73 Å². The highest BCUT2D eigenvalue weighted by Gasteiger charge is 2.60. The van der Waals surface area contributed by atoms with Gasteiger partial charge in [-0.15, -0.1) is 0 Å². The molecule has 0 aromatic heterocycles. The van der Waals surface area contributed by atoms with Crippen LogP contribution in [0.25, 0.3) is 0 Å². The number of Topliss-reactive ketones (excluding diaryl/α,β-unsaturated/α-hetero) is 1. The van der Waals surface area contributed by atoms with Gasteiger partial charge in [-0.25, -0.2) is 0 Å². The zero-order chi connectivity index (χ0) is 16.4. The van der Waals surface area contributed by atoms with Gasteiger partial charge in [0.25, 0.3) is 0 Å². The van der Waals surface area contributed by atoms with Crippen molar-refractivity contribution >= 4 is 5.78 Å². The Morgan fingerprint density at radius 1 is 0.913 bits per heavy atom. The van der Waals surface area contributed by atoms with Crippen LogP contribution in [0.5, 0.6) is 0 Å². The summed E-state index contributed by atoms with van der Waals surface area (Å²) >= 11 is 0. The molecule has 0 amide bonds. The molecule has 0 aliphatic heterocycles. The summed E-state index contributed by atoms with van der Waals surface area (Å²) in [6, 6.07) is 0.451. The lowest BCUT2D eigenvalue weighted by atomic mass is 9.44. The summed E-state index contributed by atoms with van der Waals surface area (Å²) in [5.74, 6) is 4.26. The number of carbonyl (C=O) groups is 1. The largest absolute Gasteiger partial charge is 0.328 e. The molecule has 0 bridgehead atoms. The van der Waals surface area contributed by atoms with Gasteiger partial charge in [0, 0.05) is 12.0 Å². The Bertz CT molecular complexity index is 502. The number of nitrogens with two attached hydrogens (primary N) is 1. The summed E-state index contributed by atoms with van der Waals surface area (Å²) in [6.07, 6.45) is 11.8. The number of carbonyl (C=O) groups excluding carboxylic acids is 1. The van der Waals surface area contributed by atoms with Crippen LogP contribution in [0.4, 0.5) is 0 Å². The Labute approximate surface area is 142 Å². The fourth-order valence-corrected chi connectivity index (χ4v) is 7.96. The molecule has 2 N–H and O–H groups in total. The molecular weight excluding hydrogens is 282 g/mol. The number of hydrogen-bond acceptors (Lipinski definition) is 2. The Morgan fingerprint density at radius 2 is 1.61 bits per heavy atom. The molecule has 4 rings (SSSR count). The van der Waals surface area contributed by atoms with Crippen LogP contribution in [0.15, 0.2) is 0 Å². The quantitative estimate of drug-likeness (QED) is 0.770. The number of hydrogen-bond donors (Lipinski definition) is 1. The molecule has 0 spiro atoms. The standard InChI is InChI=1S/C21H35NO/c1-13(23)17-6-7-18-16-5-4-14-12-15(22)8-10-20(14,2)19(16)9-11-21(17,18)3/h14-19H,4-12,22H2,1-3H3/t14-,15-,16-,17+,18-,19+,20-,21+/m0/s1. The molecule has 0 aromatic rings. The first-order chi connectivity index (χ1) is 10.9. The second kappa shape index (κ2) is 5.31. The van der Waals surface area contributed by atoms with E-state index in [1.807, 2.05) is 6.92 Å². The predicted molar refractivity (Wildman–Crippen MR) is 93.9 cm³/mol. The molecule has 0 heterocycles. The molecule has 130 valence electrons. The molecule has 4 aliphatic rings. The monoisotopic (exact) mass is 317 g/mol. The van der Waals surface area contributed by atoms with E-state index in [1.165, 1.54) is 51.4 Å². The smallest absolute Gasteiger partial charge is 0.133 e. The van der Waals surface area contributed by atoms with Crippen molar-refractivity contribution in [3.05, 3.63) is 0 Å². The van der Waals surface area contributed by atoms with E-state index in [2.05, 4.69) is 13.8 Å². The van der Waals surface area contributed by atoms with Crippen molar-refractivity contribution in [2.24, 2.45) is 46.2 Å². The van der Waals surface area contributed by atoms with Crippen molar-refractivity contribution in [3.8, 4) is 0 Å². The summed E-state index contributed by atoms with van der Waals surface area (Å²) in [7, 11) is 0. The van der Waals surface area contributed by atoms with Crippen molar-refractivity contribution in [2.75, 3.05) is 0 Å². The summed E-state index contributed by atoms with van der Waals surface area (Å²) in [6.45, 7) is 6.89. The van der Waals surface area contributed by atoms with Crippen molar-refractivity contribution in [1.82, 2.24) is 0 Å². The molecular formula is C21H35NO. The molecule has 4 saturated carbocycles. The van der Waals surface area contributed by atoms with Crippen molar-refractivity contribution < 1.29 is 4.79 Å². The van der Waals surface area contributed by atoms with Gasteiger partial charge in [-0.1, -0.05) is 13.8 Å². The van der Waals surface area contributed by atoms with Gasteiger partial charge in [-0.2, -0.15) is 0 Å². The first-order valence-corrected chi connectivity index (χ1v) is 10.1. The maximum absolute atomic E-state index is 12.2. The highest BCUT2D eigenvalue weighted by Crippen LogP contribution is 2.67. The Hall–Kier alpha value is -0.370. The van der Waals surface area contributed by atoms with E-state index in [0.29, 0.717) is 28.6 Å². The zero-order valence-electron chi connectivity index (χ0n) is 15.3. The second-order valence-electron chi connectivity index (χ2n) is 9.98. The summed E-state index contributed by atoms with van der Waals surface area (Å²) in [5.41, 5.74) is 7.13. The fourth-order valence-electron chi connectivity index (χ4n) is 7.96. The molecule has 23 heavy (non-hydrogen) atoms. The van der Waals surface area contributed by atoms with E-state index in [0.717, 1.165) is 30.1 Å². The van der Waals surface area contributed by atoms with E-state index < -0.39 is 0 Å². The molecule has 2 heteroatoms. The predicted octanol–water partition coefficient (Wildman–Crippen LogP) is 4.56. The first-order valence-electron chi connectivity index (χ1n) is 10.1. The number of ketones is 1. The minimum absolute atomic E-state index is 0.307. The van der Waals surface area contributed by atoms with E-state index in [1.54, 1.807) is 0 Å². The van der Waals surface area contributed by atoms with Gasteiger partial charge in [0.1, 0.15) is 5.78 Å². The van der Waals surface area contributed by atoms with Crippen molar-refractivity contribution in [2.45, 2.75) is 84.6 Å². The van der Waals surface area contributed by atoms with Crippen LogP contribution in [0.3, 0.4) is 0 Å². The number of fused-ring (bicyclic) bond motifs is 5.